The molecule has 6 heteroatoms. The molecule has 0 aliphatic carbocycles. The Morgan fingerprint density at radius 2 is 2.04 bits per heavy atom. The van der Waals surface area contributed by atoms with Gasteiger partial charge in [0, 0.05) is 50.0 Å². The van der Waals surface area contributed by atoms with Gasteiger partial charge in [-0.15, -0.1) is 0 Å². The molecule has 0 spiro atoms. The Bertz CT molecular complexity index is 735. The minimum atomic E-state index is 0.229. The van der Waals surface area contributed by atoms with Gasteiger partial charge in [-0.3, -0.25) is 4.90 Å². The summed E-state index contributed by atoms with van der Waals surface area (Å²) in [6.07, 6.45) is 1.84. The third kappa shape index (κ3) is 4.62. The maximum atomic E-state index is 9.23. The van der Waals surface area contributed by atoms with Crippen LogP contribution in [0.4, 0.5) is 11.5 Å². The number of benzene rings is 1. The van der Waals surface area contributed by atoms with Gasteiger partial charge in [-0.1, -0.05) is 17.7 Å². The van der Waals surface area contributed by atoms with Crippen LogP contribution in [0.15, 0.2) is 42.6 Å². The Morgan fingerprint density at radius 3 is 2.72 bits per heavy atom. The third-order valence-electron chi connectivity index (χ3n) is 4.38. The molecule has 1 aromatic heterocycles. The van der Waals surface area contributed by atoms with Gasteiger partial charge in [-0.25, -0.2) is 4.98 Å². The number of halogens is 1. The van der Waals surface area contributed by atoms with E-state index < -0.39 is 0 Å². The SMILES string of the molecule is CC(CN1CCN(c2ccccn2)CC1)Nc1cc(Cl)ccc1C#N. The summed E-state index contributed by atoms with van der Waals surface area (Å²) < 4.78 is 0. The highest BCUT2D eigenvalue weighted by molar-refractivity contribution is 6.30. The standard InChI is InChI=1S/C19H22ClN5/c1-15(23-18-12-17(20)6-5-16(18)13-21)14-24-8-10-25(11-9-24)19-4-2-3-7-22-19/h2-7,12,15,23H,8-11,14H2,1H3. The number of pyridine rings is 1. The largest absolute Gasteiger partial charge is 0.380 e. The van der Waals surface area contributed by atoms with Crippen molar-refractivity contribution in [1.82, 2.24) is 9.88 Å². The average molecular weight is 356 g/mol. The van der Waals surface area contributed by atoms with Crippen LogP contribution in [0.3, 0.4) is 0 Å². The number of hydrogen-bond acceptors (Lipinski definition) is 5. The number of piperazine rings is 1. The summed E-state index contributed by atoms with van der Waals surface area (Å²) in [5.74, 6) is 1.05. The first-order valence-electron chi connectivity index (χ1n) is 8.50. The van der Waals surface area contributed by atoms with Crippen molar-refractivity contribution in [2.45, 2.75) is 13.0 Å². The summed E-state index contributed by atoms with van der Waals surface area (Å²) in [6.45, 7) is 7.02. The van der Waals surface area contributed by atoms with Gasteiger partial charge >= 0.3 is 0 Å². The molecule has 0 amide bonds. The van der Waals surface area contributed by atoms with E-state index in [1.54, 1.807) is 12.1 Å². The molecule has 0 radical (unpaired) electrons. The highest BCUT2D eigenvalue weighted by Gasteiger charge is 2.19. The lowest BCUT2D eigenvalue weighted by Gasteiger charge is -2.36. The van der Waals surface area contributed by atoms with Crippen LogP contribution >= 0.6 is 11.6 Å². The van der Waals surface area contributed by atoms with Crippen molar-refractivity contribution < 1.29 is 0 Å². The fourth-order valence-electron chi connectivity index (χ4n) is 3.13. The van der Waals surface area contributed by atoms with Crippen LogP contribution in [0.2, 0.25) is 5.02 Å². The minimum absolute atomic E-state index is 0.229. The van der Waals surface area contributed by atoms with E-state index in [-0.39, 0.29) is 6.04 Å². The Labute approximate surface area is 153 Å². The van der Waals surface area contributed by atoms with E-state index in [2.05, 4.69) is 39.2 Å². The fourth-order valence-corrected chi connectivity index (χ4v) is 3.30. The first-order valence-corrected chi connectivity index (χ1v) is 8.88. The second kappa shape index (κ2) is 8.19. The van der Waals surface area contributed by atoms with Gasteiger partial charge in [0.15, 0.2) is 0 Å². The number of aromatic nitrogens is 1. The van der Waals surface area contributed by atoms with Crippen molar-refractivity contribution in [2.24, 2.45) is 0 Å². The summed E-state index contributed by atoms with van der Waals surface area (Å²) in [7, 11) is 0. The molecule has 0 saturated carbocycles. The van der Waals surface area contributed by atoms with Crippen LogP contribution in [-0.4, -0.2) is 48.6 Å². The molecule has 3 rings (SSSR count). The zero-order chi connectivity index (χ0) is 17.6. The molecular formula is C19H22ClN5. The topological polar surface area (TPSA) is 55.2 Å². The maximum absolute atomic E-state index is 9.23. The van der Waals surface area contributed by atoms with E-state index >= 15 is 0 Å². The monoisotopic (exact) mass is 355 g/mol. The molecule has 2 aromatic rings. The zero-order valence-electron chi connectivity index (χ0n) is 14.3. The molecular weight excluding hydrogens is 334 g/mol. The van der Waals surface area contributed by atoms with Crippen LogP contribution in [0.25, 0.3) is 0 Å². The van der Waals surface area contributed by atoms with Crippen LogP contribution < -0.4 is 10.2 Å². The molecule has 1 N–H and O–H groups in total. The van der Waals surface area contributed by atoms with E-state index in [0.29, 0.717) is 10.6 Å². The number of anilines is 2. The number of nitrogens with one attached hydrogen (secondary N) is 1. The van der Waals surface area contributed by atoms with Gasteiger partial charge < -0.3 is 10.2 Å². The first-order chi connectivity index (χ1) is 12.2. The molecule has 1 aromatic carbocycles. The summed E-state index contributed by atoms with van der Waals surface area (Å²) >= 11 is 6.05. The molecule has 1 fully saturated rings. The van der Waals surface area contributed by atoms with Crippen molar-refractivity contribution in [2.75, 3.05) is 42.9 Å². The average Bonchev–Trinajstić information content (AvgIpc) is 2.63. The second-order valence-corrected chi connectivity index (χ2v) is 6.76. The number of rotatable bonds is 5. The van der Waals surface area contributed by atoms with Gasteiger partial charge in [-0.05, 0) is 37.3 Å². The van der Waals surface area contributed by atoms with Crippen molar-refractivity contribution in [3.63, 3.8) is 0 Å². The molecule has 1 aliphatic heterocycles. The molecule has 2 heterocycles. The summed E-state index contributed by atoms with van der Waals surface area (Å²) in [5.41, 5.74) is 1.42. The summed E-state index contributed by atoms with van der Waals surface area (Å²) in [4.78, 5) is 9.18. The van der Waals surface area contributed by atoms with Crippen molar-refractivity contribution in [1.29, 1.82) is 5.26 Å². The zero-order valence-corrected chi connectivity index (χ0v) is 15.1. The molecule has 0 bridgehead atoms. The molecule has 25 heavy (non-hydrogen) atoms. The van der Waals surface area contributed by atoms with Gasteiger partial charge in [0.2, 0.25) is 0 Å². The van der Waals surface area contributed by atoms with Crippen molar-refractivity contribution >= 4 is 23.1 Å². The molecule has 5 nitrogen and oxygen atoms in total. The fraction of sp³-hybridized carbons (Fsp3) is 0.368. The van der Waals surface area contributed by atoms with Crippen LogP contribution in [0, 0.1) is 11.3 Å². The lowest BCUT2D eigenvalue weighted by atomic mass is 10.1. The maximum Gasteiger partial charge on any atom is 0.128 e. The van der Waals surface area contributed by atoms with Gasteiger partial charge in [0.25, 0.3) is 0 Å². The predicted molar refractivity (Wildman–Crippen MR) is 102 cm³/mol. The molecule has 130 valence electrons. The van der Waals surface area contributed by atoms with E-state index in [4.69, 9.17) is 11.6 Å². The van der Waals surface area contributed by atoms with Crippen LogP contribution in [0.5, 0.6) is 0 Å². The van der Waals surface area contributed by atoms with Crippen LogP contribution in [0.1, 0.15) is 12.5 Å². The lowest BCUT2D eigenvalue weighted by Crippen LogP contribution is -2.49. The summed E-state index contributed by atoms with van der Waals surface area (Å²) in [6, 6.07) is 13.8. The molecule has 1 unspecified atom stereocenters. The highest BCUT2D eigenvalue weighted by Crippen LogP contribution is 2.21. The van der Waals surface area contributed by atoms with Crippen molar-refractivity contribution in [3.8, 4) is 6.07 Å². The van der Waals surface area contributed by atoms with E-state index in [9.17, 15) is 5.26 Å². The number of nitrogens with zero attached hydrogens (tertiary/aromatic N) is 4. The van der Waals surface area contributed by atoms with E-state index in [1.807, 2.05) is 24.4 Å². The Balaban J connectivity index is 1.52. The Kier molecular flexibility index (Phi) is 5.75. The van der Waals surface area contributed by atoms with Gasteiger partial charge in [-0.2, -0.15) is 5.26 Å². The van der Waals surface area contributed by atoms with Crippen LogP contribution in [-0.2, 0) is 0 Å². The lowest BCUT2D eigenvalue weighted by molar-refractivity contribution is 0.250. The van der Waals surface area contributed by atoms with Gasteiger partial charge in [0.1, 0.15) is 11.9 Å². The molecule has 1 aliphatic rings. The van der Waals surface area contributed by atoms with E-state index in [1.165, 1.54) is 0 Å². The highest BCUT2D eigenvalue weighted by atomic mass is 35.5. The molecule has 1 saturated heterocycles. The molecule has 1 atom stereocenters. The van der Waals surface area contributed by atoms with Gasteiger partial charge in [0.05, 0.1) is 11.3 Å². The quantitative estimate of drug-likeness (QED) is 0.892. The first kappa shape index (κ1) is 17.5. The number of hydrogen-bond donors (Lipinski definition) is 1. The second-order valence-electron chi connectivity index (χ2n) is 6.32. The normalized spacial score (nSPS) is 16.3. The summed E-state index contributed by atoms with van der Waals surface area (Å²) in [5, 5.41) is 13.3. The number of nitriles is 1. The predicted octanol–water partition coefficient (Wildman–Crippen LogP) is 3.23. The van der Waals surface area contributed by atoms with Crippen molar-refractivity contribution in [3.05, 3.63) is 53.2 Å². The van der Waals surface area contributed by atoms with E-state index in [0.717, 1.165) is 44.2 Å². The smallest absolute Gasteiger partial charge is 0.128 e. The Morgan fingerprint density at radius 1 is 1.24 bits per heavy atom. The minimum Gasteiger partial charge on any atom is -0.380 e. The third-order valence-corrected chi connectivity index (χ3v) is 4.62. The Hall–Kier alpha value is -2.29.